The normalized spacial score (nSPS) is 10.5. The van der Waals surface area contributed by atoms with Crippen molar-refractivity contribution in [3.8, 4) is 5.75 Å². The fraction of sp³-hybridized carbons (Fsp3) is 0.500. The zero-order chi connectivity index (χ0) is 13.5. The average Bonchev–Trinajstić information content (AvgIpc) is 2.38. The van der Waals surface area contributed by atoms with Crippen LogP contribution in [0.5, 0.6) is 5.75 Å². The first-order valence-corrected chi connectivity index (χ1v) is 6.22. The molecule has 1 aromatic rings. The number of rotatable bonds is 6. The summed E-state index contributed by atoms with van der Waals surface area (Å²) in [5, 5.41) is 0. The standard InChI is InChI=1S/C14H22N2O2/c1-11(2)12-6-4-5-7-13(12)18-9-8-16(3)14(17)10-15/h4-7,11H,8-10,15H2,1-3H3. The van der Waals surface area contributed by atoms with Crippen LogP contribution < -0.4 is 10.5 Å². The molecular formula is C14H22N2O2. The molecule has 0 radical (unpaired) electrons. The number of carbonyl (C=O) groups is 1. The molecule has 0 bridgehead atoms. The third-order valence-electron chi connectivity index (χ3n) is 2.83. The number of nitrogens with two attached hydrogens (primary N) is 1. The smallest absolute Gasteiger partial charge is 0.236 e. The summed E-state index contributed by atoms with van der Waals surface area (Å²) >= 11 is 0. The number of para-hydroxylation sites is 1. The van der Waals surface area contributed by atoms with Gasteiger partial charge in [-0.1, -0.05) is 32.0 Å². The largest absolute Gasteiger partial charge is 0.491 e. The van der Waals surface area contributed by atoms with Gasteiger partial charge in [0.1, 0.15) is 12.4 Å². The van der Waals surface area contributed by atoms with E-state index in [4.69, 9.17) is 10.5 Å². The van der Waals surface area contributed by atoms with Crippen molar-refractivity contribution in [2.45, 2.75) is 19.8 Å². The van der Waals surface area contributed by atoms with Gasteiger partial charge in [-0.15, -0.1) is 0 Å². The fourth-order valence-electron chi connectivity index (χ4n) is 1.66. The zero-order valence-electron chi connectivity index (χ0n) is 11.3. The number of hydrogen-bond donors (Lipinski definition) is 1. The van der Waals surface area contributed by atoms with Crippen LogP contribution in [0.2, 0.25) is 0 Å². The van der Waals surface area contributed by atoms with E-state index in [9.17, 15) is 4.79 Å². The number of nitrogens with zero attached hydrogens (tertiary/aromatic N) is 1. The van der Waals surface area contributed by atoms with Gasteiger partial charge < -0.3 is 15.4 Å². The number of likely N-dealkylation sites (N-methyl/N-ethyl adjacent to an activating group) is 1. The molecule has 0 spiro atoms. The molecular weight excluding hydrogens is 228 g/mol. The van der Waals surface area contributed by atoms with Gasteiger partial charge in [0.05, 0.1) is 13.1 Å². The summed E-state index contributed by atoms with van der Waals surface area (Å²) in [4.78, 5) is 12.9. The van der Waals surface area contributed by atoms with E-state index in [1.54, 1.807) is 11.9 Å². The van der Waals surface area contributed by atoms with E-state index in [1.807, 2.05) is 18.2 Å². The van der Waals surface area contributed by atoms with Gasteiger partial charge in [-0.25, -0.2) is 0 Å². The van der Waals surface area contributed by atoms with Crippen LogP contribution in [0, 0.1) is 0 Å². The van der Waals surface area contributed by atoms with E-state index < -0.39 is 0 Å². The van der Waals surface area contributed by atoms with Gasteiger partial charge in [-0.2, -0.15) is 0 Å². The second kappa shape index (κ2) is 7.01. The van der Waals surface area contributed by atoms with Crippen LogP contribution in [0.25, 0.3) is 0 Å². The van der Waals surface area contributed by atoms with Crippen molar-refractivity contribution in [2.75, 3.05) is 26.7 Å². The topological polar surface area (TPSA) is 55.6 Å². The first kappa shape index (κ1) is 14.5. The van der Waals surface area contributed by atoms with Crippen molar-refractivity contribution >= 4 is 5.91 Å². The Morgan fingerprint density at radius 3 is 2.67 bits per heavy atom. The minimum atomic E-state index is -0.0734. The maximum atomic E-state index is 11.3. The second-order valence-corrected chi connectivity index (χ2v) is 4.56. The summed E-state index contributed by atoms with van der Waals surface area (Å²) in [7, 11) is 1.73. The summed E-state index contributed by atoms with van der Waals surface area (Å²) in [6.45, 7) is 5.33. The Hall–Kier alpha value is -1.55. The quantitative estimate of drug-likeness (QED) is 0.834. The van der Waals surface area contributed by atoms with Crippen LogP contribution in [0.4, 0.5) is 0 Å². The van der Waals surface area contributed by atoms with E-state index >= 15 is 0 Å². The van der Waals surface area contributed by atoms with Gasteiger partial charge in [0.25, 0.3) is 0 Å². The molecule has 0 aliphatic rings. The Morgan fingerprint density at radius 2 is 2.06 bits per heavy atom. The van der Waals surface area contributed by atoms with Crippen LogP contribution in [-0.2, 0) is 4.79 Å². The van der Waals surface area contributed by atoms with Gasteiger partial charge in [0, 0.05) is 7.05 Å². The highest BCUT2D eigenvalue weighted by molar-refractivity contribution is 5.77. The van der Waals surface area contributed by atoms with Crippen molar-refractivity contribution in [2.24, 2.45) is 5.73 Å². The lowest BCUT2D eigenvalue weighted by atomic mass is 10.0. The molecule has 1 amide bonds. The van der Waals surface area contributed by atoms with Crippen molar-refractivity contribution in [3.05, 3.63) is 29.8 Å². The summed E-state index contributed by atoms with van der Waals surface area (Å²) in [5.41, 5.74) is 6.47. The predicted molar refractivity (Wildman–Crippen MR) is 72.7 cm³/mol. The molecule has 1 rings (SSSR count). The SMILES string of the molecule is CC(C)c1ccccc1OCCN(C)C(=O)CN. The van der Waals surface area contributed by atoms with Crippen molar-refractivity contribution in [3.63, 3.8) is 0 Å². The Balaban J connectivity index is 2.51. The third kappa shape index (κ3) is 4.04. The van der Waals surface area contributed by atoms with Crippen LogP contribution in [0.15, 0.2) is 24.3 Å². The summed E-state index contributed by atoms with van der Waals surface area (Å²) in [6.07, 6.45) is 0. The maximum Gasteiger partial charge on any atom is 0.236 e. The molecule has 0 saturated carbocycles. The first-order valence-electron chi connectivity index (χ1n) is 6.22. The summed E-state index contributed by atoms with van der Waals surface area (Å²) < 4.78 is 5.73. The molecule has 0 aromatic heterocycles. The summed E-state index contributed by atoms with van der Waals surface area (Å²) in [5.74, 6) is 1.24. The lowest BCUT2D eigenvalue weighted by molar-refractivity contribution is -0.128. The number of ether oxygens (including phenoxy) is 1. The lowest BCUT2D eigenvalue weighted by Gasteiger charge is -2.18. The molecule has 0 fully saturated rings. The molecule has 18 heavy (non-hydrogen) atoms. The average molecular weight is 250 g/mol. The van der Waals surface area contributed by atoms with Crippen molar-refractivity contribution < 1.29 is 9.53 Å². The molecule has 0 heterocycles. The maximum absolute atomic E-state index is 11.3. The summed E-state index contributed by atoms with van der Waals surface area (Å²) in [6, 6.07) is 7.98. The van der Waals surface area contributed by atoms with E-state index in [0.29, 0.717) is 19.1 Å². The van der Waals surface area contributed by atoms with Gasteiger partial charge in [0.15, 0.2) is 0 Å². The Bertz CT molecular complexity index is 391. The van der Waals surface area contributed by atoms with Gasteiger partial charge in [-0.05, 0) is 17.5 Å². The Kier molecular flexibility index (Phi) is 5.65. The minimum Gasteiger partial charge on any atom is -0.491 e. The predicted octanol–water partition coefficient (Wildman–Crippen LogP) is 1.61. The molecule has 1 aromatic carbocycles. The number of hydrogen-bond acceptors (Lipinski definition) is 3. The number of benzene rings is 1. The van der Waals surface area contributed by atoms with E-state index in [-0.39, 0.29) is 12.5 Å². The van der Waals surface area contributed by atoms with E-state index in [1.165, 1.54) is 5.56 Å². The lowest BCUT2D eigenvalue weighted by Crippen LogP contribution is -2.35. The molecule has 0 saturated heterocycles. The third-order valence-corrected chi connectivity index (χ3v) is 2.83. The van der Waals surface area contributed by atoms with Crippen LogP contribution >= 0.6 is 0 Å². The minimum absolute atomic E-state index is 0.0408. The van der Waals surface area contributed by atoms with Gasteiger partial charge in [0.2, 0.25) is 5.91 Å². The molecule has 2 N–H and O–H groups in total. The Labute approximate surface area is 109 Å². The highest BCUT2D eigenvalue weighted by Gasteiger charge is 2.08. The highest BCUT2D eigenvalue weighted by Crippen LogP contribution is 2.25. The van der Waals surface area contributed by atoms with Crippen LogP contribution in [0.3, 0.4) is 0 Å². The molecule has 0 atom stereocenters. The monoisotopic (exact) mass is 250 g/mol. The second-order valence-electron chi connectivity index (χ2n) is 4.56. The zero-order valence-corrected chi connectivity index (χ0v) is 11.3. The molecule has 4 heteroatoms. The molecule has 0 aliphatic carbocycles. The van der Waals surface area contributed by atoms with Crippen LogP contribution in [0.1, 0.15) is 25.3 Å². The Morgan fingerprint density at radius 1 is 1.39 bits per heavy atom. The van der Waals surface area contributed by atoms with E-state index in [0.717, 1.165) is 5.75 Å². The number of amides is 1. The van der Waals surface area contributed by atoms with Crippen molar-refractivity contribution in [1.29, 1.82) is 0 Å². The molecule has 4 nitrogen and oxygen atoms in total. The van der Waals surface area contributed by atoms with Crippen molar-refractivity contribution in [1.82, 2.24) is 4.90 Å². The van der Waals surface area contributed by atoms with Gasteiger partial charge in [-0.3, -0.25) is 4.79 Å². The van der Waals surface area contributed by atoms with Crippen LogP contribution in [-0.4, -0.2) is 37.6 Å². The van der Waals surface area contributed by atoms with E-state index in [2.05, 4.69) is 19.9 Å². The highest BCUT2D eigenvalue weighted by atomic mass is 16.5. The van der Waals surface area contributed by atoms with Gasteiger partial charge >= 0.3 is 0 Å². The fourth-order valence-corrected chi connectivity index (χ4v) is 1.66. The molecule has 0 unspecified atom stereocenters. The first-order chi connectivity index (χ1) is 8.56. The molecule has 0 aliphatic heterocycles. The molecule has 100 valence electrons. The number of carbonyl (C=O) groups excluding carboxylic acids is 1.